The summed E-state index contributed by atoms with van der Waals surface area (Å²) in [6, 6.07) is 5.51. The predicted molar refractivity (Wildman–Crippen MR) is 82.0 cm³/mol. The van der Waals surface area contributed by atoms with Crippen LogP contribution in [0.3, 0.4) is 0 Å². The molecule has 0 saturated carbocycles. The van der Waals surface area contributed by atoms with Crippen molar-refractivity contribution in [2.75, 3.05) is 32.4 Å². The first-order valence-electron chi connectivity index (χ1n) is 6.74. The number of nitrogens with one attached hydrogen (secondary N) is 1. The number of carbonyl (C=O) groups excluding carboxylic acids is 1. The van der Waals surface area contributed by atoms with Crippen LogP contribution in [0.4, 0.5) is 5.13 Å². The number of hydrogen-bond donors (Lipinski definition) is 2. The number of nitrogen functional groups attached to an aromatic ring is 1. The highest BCUT2D eigenvalue weighted by Gasteiger charge is 2.20. The molecule has 1 aliphatic heterocycles. The average molecular weight is 290 g/mol. The van der Waals surface area contributed by atoms with Gasteiger partial charge in [0.25, 0.3) is 5.91 Å². The van der Waals surface area contributed by atoms with Gasteiger partial charge in [-0.05, 0) is 44.1 Å². The molecule has 106 valence electrons. The number of amides is 1. The molecule has 1 amide bonds. The number of nitrogens with two attached hydrogens (primary N) is 1. The second kappa shape index (κ2) is 5.38. The van der Waals surface area contributed by atoms with E-state index in [1.54, 1.807) is 6.07 Å². The van der Waals surface area contributed by atoms with Crippen molar-refractivity contribution in [3.05, 3.63) is 23.8 Å². The summed E-state index contributed by atoms with van der Waals surface area (Å²) in [4.78, 5) is 18.6. The van der Waals surface area contributed by atoms with E-state index in [-0.39, 0.29) is 5.91 Å². The standard InChI is InChI=1S/C14H18N4OS/c1-18-5-4-9(8-18)7-16-13(19)10-2-3-11-12(6-10)20-14(15)17-11/h2-3,6,9H,4-5,7-8H2,1H3,(H2,15,17)(H,16,19). The van der Waals surface area contributed by atoms with E-state index in [0.29, 0.717) is 16.6 Å². The molecule has 1 aromatic carbocycles. The Morgan fingerprint density at radius 2 is 2.45 bits per heavy atom. The molecule has 2 heterocycles. The first kappa shape index (κ1) is 13.3. The molecule has 3 N–H and O–H groups in total. The third-order valence-electron chi connectivity index (χ3n) is 3.71. The molecule has 1 aromatic heterocycles. The zero-order valence-corrected chi connectivity index (χ0v) is 12.2. The Bertz CT molecular complexity index is 639. The number of thiazole rings is 1. The van der Waals surface area contributed by atoms with Crippen LogP contribution >= 0.6 is 11.3 Å². The molecule has 1 saturated heterocycles. The van der Waals surface area contributed by atoms with Gasteiger partial charge < -0.3 is 16.0 Å². The lowest BCUT2D eigenvalue weighted by Crippen LogP contribution is -2.30. The summed E-state index contributed by atoms with van der Waals surface area (Å²) < 4.78 is 0.954. The van der Waals surface area contributed by atoms with Crippen molar-refractivity contribution in [3.8, 4) is 0 Å². The fourth-order valence-electron chi connectivity index (χ4n) is 2.62. The van der Waals surface area contributed by atoms with Gasteiger partial charge in [-0.3, -0.25) is 4.79 Å². The highest BCUT2D eigenvalue weighted by molar-refractivity contribution is 7.22. The summed E-state index contributed by atoms with van der Waals surface area (Å²) in [5.41, 5.74) is 7.20. The molecule has 0 aliphatic carbocycles. The minimum Gasteiger partial charge on any atom is -0.375 e. The van der Waals surface area contributed by atoms with E-state index in [2.05, 4.69) is 22.2 Å². The number of benzene rings is 1. The van der Waals surface area contributed by atoms with Crippen molar-refractivity contribution in [2.24, 2.45) is 5.92 Å². The van der Waals surface area contributed by atoms with E-state index < -0.39 is 0 Å². The van der Waals surface area contributed by atoms with Gasteiger partial charge in [0.2, 0.25) is 0 Å². The highest BCUT2D eigenvalue weighted by atomic mass is 32.1. The minimum absolute atomic E-state index is 0.0200. The lowest BCUT2D eigenvalue weighted by Gasteiger charge is -2.11. The largest absolute Gasteiger partial charge is 0.375 e. The smallest absolute Gasteiger partial charge is 0.251 e. The van der Waals surface area contributed by atoms with Gasteiger partial charge >= 0.3 is 0 Å². The summed E-state index contributed by atoms with van der Waals surface area (Å²) in [5.74, 6) is 0.542. The number of anilines is 1. The summed E-state index contributed by atoms with van der Waals surface area (Å²) in [7, 11) is 2.12. The molecular weight excluding hydrogens is 272 g/mol. The average Bonchev–Trinajstić information content (AvgIpc) is 2.99. The van der Waals surface area contributed by atoms with E-state index in [1.165, 1.54) is 11.3 Å². The maximum absolute atomic E-state index is 12.2. The van der Waals surface area contributed by atoms with Crippen LogP contribution in [0.1, 0.15) is 16.8 Å². The van der Waals surface area contributed by atoms with E-state index in [1.807, 2.05) is 12.1 Å². The molecule has 1 unspecified atom stereocenters. The van der Waals surface area contributed by atoms with E-state index in [4.69, 9.17) is 5.73 Å². The van der Waals surface area contributed by atoms with E-state index in [0.717, 1.165) is 36.3 Å². The van der Waals surface area contributed by atoms with Gasteiger partial charge in [-0.2, -0.15) is 0 Å². The molecular formula is C14H18N4OS. The Morgan fingerprint density at radius 3 is 3.20 bits per heavy atom. The van der Waals surface area contributed by atoms with Crippen molar-refractivity contribution in [1.82, 2.24) is 15.2 Å². The molecule has 3 rings (SSSR count). The highest BCUT2D eigenvalue weighted by Crippen LogP contribution is 2.24. The number of aromatic nitrogens is 1. The van der Waals surface area contributed by atoms with Crippen molar-refractivity contribution < 1.29 is 4.79 Å². The fourth-order valence-corrected chi connectivity index (χ4v) is 3.39. The predicted octanol–water partition coefficient (Wildman–Crippen LogP) is 1.56. The SMILES string of the molecule is CN1CCC(CNC(=O)c2ccc3nc(N)sc3c2)C1. The summed E-state index contributed by atoms with van der Waals surface area (Å²) in [6.07, 6.45) is 1.15. The molecule has 6 heteroatoms. The van der Waals surface area contributed by atoms with Crippen molar-refractivity contribution in [1.29, 1.82) is 0 Å². The molecule has 2 aromatic rings. The van der Waals surface area contributed by atoms with Crippen molar-refractivity contribution in [2.45, 2.75) is 6.42 Å². The minimum atomic E-state index is -0.0200. The van der Waals surface area contributed by atoms with Crippen molar-refractivity contribution in [3.63, 3.8) is 0 Å². The van der Waals surface area contributed by atoms with Crippen LogP contribution in [0.2, 0.25) is 0 Å². The molecule has 0 bridgehead atoms. The molecule has 1 atom stereocenters. The Labute approximate surface area is 121 Å². The quantitative estimate of drug-likeness (QED) is 0.900. The van der Waals surface area contributed by atoms with Crippen LogP contribution in [0.25, 0.3) is 10.2 Å². The van der Waals surface area contributed by atoms with Gasteiger partial charge in [-0.15, -0.1) is 0 Å². The number of rotatable bonds is 3. The van der Waals surface area contributed by atoms with Gasteiger partial charge in [0.05, 0.1) is 10.2 Å². The maximum Gasteiger partial charge on any atom is 0.251 e. The molecule has 1 fully saturated rings. The Balaban J connectivity index is 1.65. The maximum atomic E-state index is 12.2. The van der Waals surface area contributed by atoms with Gasteiger partial charge in [0.1, 0.15) is 0 Å². The number of carbonyl (C=O) groups is 1. The molecule has 1 aliphatic rings. The monoisotopic (exact) mass is 290 g/mol. The Kier molecular flexibility index (Phi) is 3.58. The molecule has 0 radical (unpaired) electrons. The second-order valence-corrected chi connectivity index (χ2v) is 6.42. The number of likely N-dealkylation sites (tertiary alicyclic amines) is 1. The van der Waals surface area contributed by atoms with Crippen LogP contribution in [0, 0.1) is 5.92 Å². The molecule has 5 nitrogen and oxygen atoms in total. The van der Waals surface area contributed by atoms with Crippen LogP contribution < -0.4 is 11.1 Å². The van der Waals surface area contributed by atoms with E-state index >= 15 is 0 Å². The summed E-state index contributed by atoms with van der Waals surface area (Å²) >= 11 is 1.41. The number of hydrogen-bond acceptors (Lipinski definition) is 5. The first-order valence-corrected chi connectivity index (χ1v) is 7.56. The number of fused-ring (bicyclic) bond motifs is 1. The Hall–Kier alpha value is -1.66. The second-order valence-electron chi connectivity index (χ2n) is 5.36. The summed E-state index contributed by atoms with van der Waals surface area (Å²) in [6.45, 7) is 2.92. The lowest BCUT2D eigenvalue weighted by atomic mass is 10.1. The third kappa shape index (κ3) is 2.76. The molecule has 20 heavy (non-hydrogen) atoms. The van der Waals surface area contributed by atoms with Crippen LogP contribution in [0.5, 0.6) is 0 Å². The zero-order chi connectivity index (χ0) is 14.1. The van der Waals surface area contributed by atoms with Crippen LogP contribution in [-0.4, -0.2) is 42.5 Å². The first-order chi connectivity index (χ1) is 9.61. The van der Waals surface area contributed by atoms with Gasteiger partial charge in [0, 0.05) is 18.7 Å². The van der Waals surface area contributed by atoms with Gasteiger partial charge in [-0.1, -0.05) is 11.3 Å². The lowest BCUT2D eigenvalue weighted by molar-refractivity contribution is 0.0947. The summed E-state index contributed by atoms with van der Waals surface area (Å²) in [5, 5.41) is 3.55. The zero-order valence-electron chi connectivity index (χ0n) is 11.4. The van der Waals surface area contributed by atoms with E-state index in [9.17, 15) is 4.79 Å². The fraction of sp³-hybridized carbons (Fsp3) is 0.429. The van der Waals surface area contributed by atoms with Crippen molar-refractivity contribution >= 4 is 32.6 Å². The normalized spacial score (nSPS) is 19.6. The Morgan fingerprint density at radius 1 is 1.60 bits per heavy atom. The van der Waals surface area contributed by atoms with Crippen LogP contribution in [-0.2, 0) is 0 Å². The van der Waals surface area contributed by atoms with Crippen LogP contribution in [0.15, 0.2) is 18.2 Å². The molecule has 0 spiro atoms. The topological polar surface area (TPSA) is 71.2 Å². The van der Waals surface area contributed by atoms with Gasteiger partial charge in [0.15, 0.2) is 5.13 Å². The number of nitrogens with zero attached hydrogens (tertiary/aromatic N) is 2. The third-order valence-corrected chi connectivity index (χ3v) is 4.55. The van der Waals surface area contributed by atoms with Gasteiger partial charge in [-0.25, -0.2) is 4.98 Å².